The van der Waals surface area contributed by atoms with Crippen LogP contribution in [0.4, 0.5) is 0 Å². The summed E-state index contributed by atoms with van der Waals surface area (Å²) in [7, 11) is 0. The standard InChI is InChI=1S/C49H31N3/c1-3-13-32(14-4-1)33-23-27-36(28-24-33)48-50-47(35-15-5-2-6-16-35)51-49(52-48)37-29-25-34(26-30-37)44-31-45-40-19-8-7-17-38(40)39-18-9-11-21-42(39)46(45)43-22-12-10-20-41(43)44/h1-31H. The number of fused-ring (bicyclic) bond motifs is 8. The molecule has 0 bridgehead atoms. The fraction of sp³-hybridized carbons (Fsp3) is 0. The third kappa shape index (κ3) is 5.10. The van der Waals surface area contributed by atoms with Gasteiger partial charge >= 0.3 is 0 Å². The van der Waals surface area contributed by atoms with E-state index in [1.54, 1.807) is 0 Å². The van der Waals surface area contributed by atoms with Crippen molar-refractivity contribution in [1.82, 2.24) is 15.0 Å². The predicted octanol–water partition coefficient (Wildman–Crippen LogP) is 12.8. The van der Waals surface area contributed by atoms with E-state index in [1.807, 2.05) is 36.4 Å². The van der Waals surface area contributed by atoms with Gasteiger partial charge in [0, 0.05) is 16.7 Å². The Hall–Kier alpha value is -6.97. The topological polar surface area (TPSA) is 38.7 Å². The summed E-state index contributed by atoms with van der Waals surface area (Å²) in [6.45, 7) is 0. The van der Waals surface area contributed by atoms with Crippen LogP contribution in [0.3, 0.4) is 0 Å². The van der Waals surface area contributed by atoms with E-state index in [0.717, 1.165) is 27.8 Å². The third-order valence-electron chi connectivity index (χ3n) is 10.1. The minimum Gasteiger partial charge on any atom is -0.208 e. The maximum Gasteiger partial charge on any atom is 0.164 e. The first kappa shape index (κ1) is 29.9. The van der Waals surface area contributed by atoms with Gasteiger partial charge in [-0.2, -0.15) is 0 Å². The van der Waals surface area contributed by atoms with Gasteiger partial charge in [0.05, 0.1) is 0 Å². The molecule has 0 unspecified atom stereocenters. The van der Waals surface area contributed by atoms with Gasteiger partial charge in [-0.25, -0.2) is 15.0 Å². The molecule has 1 heterocycles. The maximum absolute atomic E-state index is 5.04. The van der Waals surface area contributed by atoms with Crippen molar-refractivity contribution in [3.63, 3.8) is 0 Å². The molecule has 52 heavy (non-hydrogen) atoms. The first-order chi connectivity index (χ1) is 25.8. The molecule has 0 spiro atoms. The molecular formula is C49H31N3. The van der Waals surface area contributed by atoms with Crippen LogP contribution in [0.25, 0.3) is 99.5 Å². The zero-order chi connectivity index (χ0) is 34.4. The van der Waals surface area contributed by atoms with Gasteiger partial charge < -0.3 is 0 Å². The average molecular weight is 662 g/mol. The van der Waals surface area contributed by atoms with Crippen molar-refractivity contribution < 1.29 is 0 Å². The molecule has 0 fully saturated rings. The minimum absolute atomic E-state index is 0.642. The zero-order valence-corrected chi connectivity index (χ0v) is 28.2. The molecule has 242 valence electrons. The number of hydrogen-bond donors (Lipinski definition) is 0. The molecule has 0 saturated carbocycles. The molecule has 3 nitrogen and oxygen atoms in total. The number of aromatic nitrogens is 3. The van der Waals surface area contributed by atoms with E-state index in [1.165, 1.54) is 54.2 Å². The Kier molecular flexibility index (Phi) is 7.14. The highest BCUT2D eigenvalue weighted by atomic mass is 15.0. The number of rotatable bonds is 5. The van der Waals surface area contributed by atoms with Gasteiger partial charge in [-0.3, -0.25) is 0 Å². The van der Waals surface area contributed by atoms with Gasteiger partial charge in [0.1, 0.15) is 0 Å². The van der Waals surface area contributed by atoms with Gasteiger partial charge in [0.2, 0.25) is 0 Å². The summed E-state index contributed by atoms with van der Waals surface area (Å²) in [5.74, 6) is 1.94. The molecule has 0 aliphatic heterocycles. The molecule has 0 saturated heterocycles. The van der Waals surface area contributed by atoms with Crippen LogP contribution in [0.1, 0.15) is 0 Å². The van der Waals surface area contributed by atoms with E-state index in [4.69, 9.17) is 15.0 Å². The molecule has 9 aromatic carbocycles. The molecule has 0 amide bonds. The Morgan fingerprint density at radius 1 is 0.231 bits per heavy atom. The molecule has 0 atom stereocenters. The summed E-state index contributed by atoms with van der Waals surface area (Å²) in [6.07, 6.45) is 0. The summed E-state index contributed by atoms with van der Waals surface area (Å²) in [5, 5.41) is 10.2. The van der Waals surface area contributed by atoms with Crippen LogP contribution in [0.2, 0.25) is 0 Å². The highest BCUT2D eigenvalue weighted by Gasteiger charge is 2.16. The molecule has 0 aliphatic carbocycles. The normalized spacial score (nSPS) is 11.5. The Labute approximate surface area is 301 Å². The Morgan fingerprint density at radius 2 is 0.558 bits per heavy atom. The third-order valence-corrected chi connectivity index (χ3v) is 10.1. The Balaban J connectivity index is 1.11. The molecular weight excluding hydrogens is 631 g/mol. The second-order valence-corrected chi connectivity index (χ2v) is 13.2. The molecule has 10 aromatic rings. The van der Waals surface area contributed by atoms with Crippen molar-refractivity contribution in [2.24, 2.45) is 0 Å². The largest absolute Gasteiger partial charge is 0.208 e. The highest BCUT2D eigenvalue weighted by Crippen LogP contribution is 2.43. The first-order valence-electron chi connectivity index (χ1n) is 17.6. The maximum atomic E-state index is 5.04. The summed E-state index contributed by atoms with van der Waals surface area (Å²) >= 11 is 0. The zero-order valence-electron chi connectivity index (χ0n) is 28.2. The number of hydrogen-bond acceptors (Lipinski definition) is 3. The first-order valence-corrected chi connectivity index (χ1v) is 17.6. The summed E-state index contributed by atoms with van der Waals surface area (Å²) in [5.41, 5.74) is 7.51. The van der Waals surface area contributed by atoms with E-state index in [0.29, 0.717) is 17.5 Å². The van der Waals surface area contributed by atoms with Crippen molar-refractivity contribution in [2.45, 2.75) is 0 Å². The van der Waals surface area contributed by atoms with Crippen LogP contribution in [0.5, 0.6) is 0 Å². The monoisotopic (exact) mass is 661 g/mol. The minimum atomic E-state index is 0.642. The van der Waals surface area contributed by atoms with Crippen LogP contribution >= 0.6 is 0 Å². The lowest BCUT2D eigenvalue weighted by atomic mass is 9.87. The van der Waals surface area contributed by atoms with E-state index < -0.39 is 0 Å². The van der Waals surface area contributed by atoms with Crippen LogP contribution in [-0.4, -0.2) is 15.0 Å². The van der Waals surface area contributed by atoms with E-state index in [-0.39, 0.29) is 0 Å². The van der Waals surface area contributed by atoms with Crippen molar-refractivity contribution >= 4 is 43.1 Å². The van der Waals surface area contributed by atoms with E-state index >= 15 is 0 Å². The molecule has 10 rings (SSSR count). The lowest BCUT2D eigenvalue weighted by molar-refractivity contribution is 1.07. The highest BCUT2D eigenvalue weighted by molar-refractivity contribution is 6.33. The van der Waals surface area contributed by atoms with E-state index in [2.05, 4.69) is 152 Å². The van der Waals surface area contributed by atoms with Gasteiger partial charge in [0.25, 0.3) is 0 Å². The smallest absolute Gasteiger partial charge is 0.164 e. The quantitative estimate of drug-likeness (QED) is 0.172. The number of benzene rings is 9. The molecule has 3 heteroatoms. The predicted molar refractivity (Wildman–Crippen MR) is 217 cm³/mol. The Bertz CT molecular complexity index is 2920. The lowest BCUT2D eigenvalue weighted by Gasteiger charge is -2.16. The molecule has 0 radical (unpaired) electrons. The summed E-state index contributed by atoms with van der Waals surface area (Å²) in [6, 6.07) is 66.4. The fourth-order valence-electron chi connectivity index (χ4n) is 7.60. The van der Waals surface area contributed by atoms with Crippen LogP contribution in [0.15, 0.2) is 188 Å². The molecule has 0 aliphatic rings. The second-order valence-electron chi connectivity index (χ2n) is 13.2. The van der Waals surface area contributed by atoms with Gasteiger partial charge in [-0.05, 0) is 71.4 Å². The van der Waals surface area contributed by atoms with E-state index in [9.17, 15) is 0 Å². The van der Waals surface area contributed by atoms with Crippen LogP contribution < -0.4 is 0 Å². The van der Waals surface area contributed by atoms with Crippen LogP contribution in [0, 0.1) is 0 Å². The number of nitrogens with zero attached hydrogens (tertiary/aromatic N) is 3. The summed E-state index contributed by atoms with van der Waals surface area (Å²) in [4.78, 5) is 15.0. The SMILES string of the molecule is c1ccc(-c2ccc(-c3nc(-c4ccccc4)nc(-c4ccc(-c5cc6c7ccccc7c7ccccc7c6c6ccccc56)cc4)n3)cc2)cc1. The van der Waals surface area contributed by atoms with Crippen molar-refractivity contribution in [3.8, 4) is 56.4 Å². The van der Waals surface area contributed by atoms with Crippen molar-refractivity contribution in [1.29, 1.82) is 0 Å². The average Bonchev–Trinajstić information content (AvgIpc) is 3.24. The van der Waals surface area contributed by atoms with Gasteiger partial charge in [0.15, 0.2) is 17.5 Å². The van der Waals surface area contributed by atoms with Crippen molar-refractivity contribution in [2.75, 3.05) is 0 Å². The second kappa shape index (κ2) is 12.4. The summed E-state index contributed by atoms with van der Waals surface area (Å²) < 4.78 is 0. The Morgan fingerprint density at radius 3 is 1.10 bits per heavy atom. The van der Waals surface area contributed by atoms with Crippen LogP contribution in [-0.2, 0) is 0 Å². The van der Waals surface area contributed by atoms with Gasteiger partial charge in [-0.15, -0.1) is 0 Å². The van der Waals surface area contributed by atoms with Crippen molar-refractivity contribution in [3.05, 3.63) is 188 Å². The fourth-order valence-corrected chi connectivity index (χ4v) is 7.60. The lowest BCUT2D eigenvalue weighted by Crippen LogP contribution is -2.00. The van der Waals surface area contributed by atoms with Gasteiger partial charge in [-0.1, -0.05) is 182 Å². The molecule has 1 aromatic heterocycles. The molecule has 0 N–H and O–H groups in total.